The molecule has 2 aliphatic rings. The molecule has 19 heavy (non-hydrogen) atoms. The largest absolute Gasteiger partial charge is 0.348 e. The Morgan fingerprint density at radius 2 is 1.89 bits per heavy atom. The van der Waals surface area contributed by atoms with Crippen molar-refractivity contribution in [3.8, 4) is 0 Å². The zero-order chi connectivity index (χ0) is 13.3. The second kappa shape index (κ2) is 5.12. The van der Waals surface area contributed by atoms with Gasteiger partial charge >= 0.3 is 0 Å². The van der Waals surface area contributed by atoms with Crippen molar-refractivity contribution in [3.63, 3.8) is 0 Å². The van der Waals surface area contributed by atoms with E-state index in [1.165, 1.54) is 38.5 Å². The minimum absolute atomic E-state index is 0.259. The molecule has 0 amide bonds. The summed E-state index contributed by atoms with van der Waals surface area (Å²) in [6.45, 7) is 2.81. The highest BCUT2D eigenvalue weighted by molar-refractivity contribution is 5.96. The van der Waals surface area contributed by atoms with E-state index in [0.29, 0.717) is 12.0 Å². The van der Waals surface area contributed by atoms with Crippen LogP contribution in [0.3, 0.4) is 0 Å². The van der Waals surface area contributed by atoms with E-state index in [2.05, 4.69) is 4.90 Å². The number of piperidine rings is 1. The summed E-state index contributed by atoms with van der Waals surface area (Å²) in [6.07, 6.45) is 10.2. The van der Waals surface area contributed by atoms with Crippen molar-refractivity contribution in [2.45, 2.75) is 38.5 Å². The van der Waals surface area contributed by atoms with Gasteiger partial charge in [-0.1, -0.05) is 12.8 Å². The van der Waals surface area contributed by atoms with E-state index < -0.39 is 0 Å². The number of carbonyl (C=O) groups excluding carboxylic acids is 1. The van der Waals surface area contributed by atoms with Gasteiger partial charge < -0.3 is 4.57 Å². The minimum Gasteiger partial charge on any atom is -0.348 e. The molecular formula is C16H24N2O. The van der Waals surface area contributed by atoms with Crippen LogP contribution >= 0.6 is 0 Å². The summed E-state index contributed by atoms with van der Waals surface area (Å²) < 4.78 is 1.92. The molecular weight excluding hydrogens is 236 g/mol. The average Bonchev–Trinajstić information content (AvgIpc) is 3.02. The molecule has 3 nitrogen and oxygen atoms in total. The molecule has 2 fully saturated rings. The lowest BCUT2D eigenvalue weighted by molar-refractivity contribution is 0.0790. The first-order valence-corrected chi connectivity index (χ1v) is 7.55. The minimum atomic E-state index is 0.259. The number of rotatable bonds is 3. The third-order valence-electron chi connectivity index (χ3n) is 5.18. The Morgan fingerprint density at radius 3 is 2.47 bits per heavy atom. The quantitative estimate of drug-likeness (QED) is 0.781. The highest BCUT2D eigenvalue weighted by atomic mass is 16.1. The second-order valence-electron chi connectivity index (χ2n) is 6.41. The maximum atomic E-state index is 12.2. The lowest BCUT2D eigenvalue weighted by Gasteiger charge is -2.39. The fourth-order valence-electron chi connectivity index (χ4n) is 3.85. The van der Waals surface area contributed by atoms with Crippen LogP contribution < -0.4 is 0 Å². The van der Waals surface area contributed by atoms with E-state index in [0.717, 1.165) is 18.8 Å². The van der Waals surface area contributed by atoms with Gasteiger partial charge in [-0.25, -0.2) is 0 Å². The second-order valence-corrected chi connectivity index (χ2v) is 6.41. The van der Waals surface area contributed by atoms with Crippen LogP contribution in [0.15, 0.2) is 18.3 Å². The summed E-state index contributed by atoms with van der Waals surface area (Å²) in [5.74, 6) is 0.259. The molecule has 2 heterocycles. The van der Waals surface area contributed by atoms with Crippen LogP contribution in [0.5, 0.6) is 0 Å². The normalized spacial score (nSPS) is 23.0. The van der Waals surface area contributed by atoms with E-state index in [9.17, 15) is 4.79 Å². The first-order chi connectivity index (χ1) is 9.19. The summed E-state index contributed by atoms with van der Waals surface area (Å²) >= 11 is 0. The van der Waals surface area contributed by atoms with Crippen molar-refractivity contribution < 1.29 is 4.79 Å². The molecule has 1 aromatic heterocycles. The summed E-state index contributed by atoms with van der Waals surface area (Å²) in [5.41, 5.74) is 1.48. The number of Topliss-reactive ketones (excluding diaryl/α,β-unsaturated/α-hetero) is 1. The molecule has 0 N–H and O–H groups in total. The van der Waals surface area contributed by atoms with Gasteiger partial charge in [-0.15, -0.1) is 0 Å². The highest BCUT2D eigenvalue weighted by Crippen LogP contribution is 2.45. The maximum absolute atomic E-state index is 12.2. The van der Waals surface area contributed by atoms with Crippen molar-refractivity contribution in [2.75, 3.05) is 19.6 Å². The monoisotopic (exact) mass is 260 g/mol. The van der Waals surface area contributed by atoms with Crippen LogP contribution in [0, 0.1) is 5.41 Å². The Labute approximate surface area is 115 Å². The van der Waals surface area contributed by atoms with Gasteiger partial charge in [-0.05, 0) is 56.3 Å². The van der Waals surface area contributed by atoms with E-state index in [-0.39, 0.29) is 5.78 Å². The SMILES string of the molecule is Cn1cccc1C(=O)CN1CCC2(CCCC2)CC1. The van der Waals surface area contributed by atoms with Crippen molar-refractivity contribution in [1.82, 2.24) is 9.47 Å². The number of aromatic nitrogens is 1. The third kappa shape index (κ3) is 2.62. The van der Waals surface area contributed by atoms with Crippen molar-refractivity contribution in [3.05, 3.63) is 24.0 Å². The molecule has 3 rings (SSSR count). The molecule has 104 valence electrons. The van der Waals surface area contributed by atoms with Gasteiger partial charge in [0.25, 0.3) is 0 Å². The first-order valence-electron chi connectivity index (χ1n) is 7.55. The van der Waals surface area contributed by atoms with Gasteiger partial charge in [0.05, 0.1) is 12.2 Å². The molecule has 0 radical (unpaired) electrons. The molecule has 3 heteroatoms. The molecule has 1 saturated carbocycles. The van der Waals surface area contributed by atoms with Gasteiger partial charge in [-0.3, -0.25) is 9.69 Å². The van der Waals surface area contributed by atoms with Gasteiger partial charge in [0, 0.05) is 13.2 Å². The van der Waals surface area contributed by atoms with Crippen molar-refractivity contribution >= 4 is 5.78 Å². The fourth-order valence-corrected chi connectivity index (χ4v) is 3.85. The predicted octanol–water partition coefficient (Wildman–Crippen LogP) is 2.86. The third-order valence-corrected chi connectivity index (χ3v) is 5.18. The van der Waals surface area contributed by atoms with Gasteiger partial charge in [0.2, 0.25) is 0 Å². The Bertz CT molecular complexity index is 447. The van der Waals surface area contributed by atoms with E-state index in [4.69, 9.17) is 0 Å². The van der Waals surface area contributed by atoms with Gasteiger partial charge in [0.1, 0.15) is 0 Å². The summed E-state index contributed by atoms with van der Waals surface area (Å²) in [5, 5.41) is 0. The zero-order valence-corrected chi connectivity index (χ0v) is 11.9. The Hall–Kier alpha value is -1.09. The number of hydrogen-bond acceptors (Lipinski definition) is 2. The van der Waals surface area contributed by atoms with Gasteiger partial charge in [0.15, 0.2) is 5.78 Å². The van der Waals surface area contributed by atoms with Crippen LogP contribution in [-0.4, -0.2) is 34.9 Å². The molecule has 0 atom stereocenters. The van der Waals surface area contributed by atoms with Gasteiger partial charge in [-0.2, -0.15) is 0 Å². The van der Waals surface area contributed by atoms with Crippen molar-refractivity contribution in [1.29, 1.82) is 0 Å². The molecule has 1 saturated heterocycles. The summed E-state index contributed by atoms with van der Waals surface area (Å²) in [6, 6.07) is 3.86. The average molecular weight is 260 g/mol. The smallest absolute Gasteiger partial charge is 0.193 e. The molecule has 0 bridgehead atoms. The molecule has 1 spiro atoms. The summed E-state index contributed by atoms with van der Waals surface area (Å²) in [4.78, 5) is 14.6. The first kappa shape index (κ1) is 12.9. The Morgan fingerprint density at radius 1 is 1.21 bits per heavy atom. The van der Waals surface area contributed by atoms with E-state index in [1.807, 2.05) is 29.9 Å². The number of hydrogen-bond donors (Lipinski definition) is 0. The number of ketones is 1. The Balaban J connectivity index is 1.55. The standard InChI is InChI=1S/C16H24N2O/c1-17-10-4-5-14(17)15(19)13-18-11-8-16(9-12-18)6-2-3-7-16/h4-5,10H,2-3,6-9,11-13H2,1H3. The Kier molecular flexibility index (Phi) is 3.48. The van der Waals surface area contributed by atoms with Crippen molar-refractivity contribution in [2.24, 2.45) is 12.5 Å². The fraction of sp³-hybridized carbons (Fsp3) is 0.688. The van der Waals surface area contributed by atoms with Crippen LogP contribution in [0.25, 0.3) is 0 Å². The maximum Gasteiger partial charge on any atom is 0.193 e. The lowest BCUT2D eigenvalue weighted by atomic mass is 9.77. The number of carbonyl (C=O) groups is 1. The van der Waals surface area contributed by atoms with Crippen LogP contribution in [-0.2, 0) is 7.05 Å². The van der Waals surface area contributed by atoms with Crippen LogP contribution in [0.4, 0.5) is 0 Å². The number of nitrogens with zero attached hydrogens (tertiary/aromatic N) is 2. The summed E-state index contributed by atoms with van der Waals surface area (Å²) in [7, 11) is 1.94. The van der Waals surface area contributed by atoms with E-state index in [1.54, 1.807) is 0 Å². The van der Waals surface area contributed by atoms with Crippen LogP contribution in [0.1, 0.15) is 49.0 Å². The number of likely N-dealkylation sites (tertiary alicyclic amines) is 1. The van der Waals surface area contributed by atoms with E-state index >= 15 is 0 Å². The highest BCUT2D eigenvalue weighted by Gasteiger charge is 2.37. The molecule has 1 aliphatic carbocycles. The van der Waals surface area contributed by atoms with Crippen LogP contribution in [0.2, 0.25) is 0 Å². The molecule has 1 aromatic rings. The lowest BCUT2D eigenvalue weighted by Crippen LogP contribution is -2.41. The predicted molar refractivity (Wildman–Crippen MR) is 76.3 cm³/mol. The molecule has 1 aliphatic heterocycles. The number of aryl methyl sites for hydroxylation is 1. The zero-order valence-electron chi connectivity index (χ0n) is 11.9. The topological polar surface area (TPSA) is 25.2 Å². The molecule has 0 aromatic carbocycles. The molecule has 0 unspecified atom stereocenters.